The number of ether oxygens (including phenoxy) is 1. The van der Waals surface area contributed by atoms with Gasteiger partial charge >= 0.3 is 0 Å². The number of amides is 2. The SMILES string of the molecule is C[C@H](Cl)C(=O)Nc1ccc(N(C)C)c(CN(C[C@H]2CCCO2)C(=O)c2cccs2)c1. The van der Waals surface area contributed by atoms with Crippen LogP contribution >= 0.6 is 22.9 Å². The van der Waals surface area contributed by atoms with Gasteiger partial charge in [0, 0.05) is 45.2 Å². The molecular formula is C22H28ClN3O3S. The van der Waals surface area contributed by atoms with Crippen molar-refractivity contribution in [2.24, 2.45) is 0 Å². The molecule has 0 bridgehead atoms. The van der Waals surface area contributed by atoms with Crippen molar-refractivity contribution >= 4 is 46.1 Å². The van der Waals surface area contributed by atoms with E-state index in [-0.39, 0.29) is 17.9 Å². The average molecular weight is 450 g/mol. The molecule has 1 aromatic heterocycles. The first-order valence-corrected chi connectivity index (χ1v) is 11.4. The lowest BCUT2D eigenvalue weighted by Crippen LogP contribution is -2.37. The molecule has 2 heterocycles. The second kappa shape index (κ2) is 10.3. The Kier molecular flexibility index (Phi) is 7.75. The number of rotatable bonds is 8. The zero-order chi connectivity index (χ0) is 21.7. The fourth-order valence-corrected chi connectivity index (χ4v) is 4.23. The van der Waals surface area contributed by atoms with E-state index in [0.29, 0.717) is 23.7 Å². The standard InChI is InChI=1S/C22H28ClN3O3S/c1-15(23)21(27)24-17-8-9-19(25(2)3)16(12-17)13-26(14-18-6-4-10-29-18)22(28)20-7-5-11-30-20/h5,7-9,11-12,15,18H,4,6,10,13-14H2,1-3H3,(H,24,27)/t15-,18+/m0/s1. The summed E-state index contributed by atoms with van der Waals surface area (Å²) in [6.07, 6.45) is 2.03. The lowest BCUT2D eigenvalue weighted by molar-refractivity contribution is -0.115. The van der Waals surface area contributed by atoms with Gasteiger partial charge < -0.3 is 19.9 Å². The van der Waals surface area contributed by atoms with Gasteiger partial charge in [-0.3, -0.25) is 9.59 Å². The van der Waals surface area contributed by atoms with Crippen molar-refractivity contribution in [2.45, 2.75) is 37.8 Å². The molecule has 0 unspecified atom stereocenters. The van der Waals surface area contributed by atoms with Gasteiger partial charge in [0.05, 0.1) is 11.0 Å². The predicted octanol–water partition coefficient (Wildman–Crippen LogP) is 4.20. The number of nitrogens with zero attached hydrogens (tertiary/aromatic N) is 2. The number of carbonyl (C=O) groups excluding carboxylic acids is 2. The van der Waals surface area contributed by atoms with Crippen LogP contribution in [-0.4, -0.2) is 55.4 Å². The highest BCUT2D eigenvalue weighted by atomic mass is 35.5. The number of hydrogen-bond acceptors (Lipinski definition) is 5. The number of nitrogens with one attached hydrogen (secondary N) is 1. The molecule has 0 saturated carbocycles. The molecule has 0 aliphatic carbocycles. The molecule has 1 saturated heterocycles. The predicted molar refractivity (Wildman–Crippen MR) is 123 cm³/mol. The van der Waals surface area contributed by atoms with Gasteiger partial charge in [0.25, 0.3) is 5.91 Å². The van der Waals surface area contributed by atoms with Crippen molar-refractivity contribution in [3.8, 4) is 0 Å². The first-order valence-electron chi connectivity index (χ1n) is 10.0. The van der Waals surface area contributed by atoms with Gasteiger partial charge in [0.2, 0.25) is 5.91 Å². The van der Waals surface area contributed by atoms with E-state index in [4.69, 9.17) is 16.3 Å². The van der Waals surface area contributed by atoms with Crippen LogP contribution in [0.4, 0.5) is 11.4 Å². The summed E-state index contributed by atoms with van der Waals surface area (Å²) in [6, 6.07) is 9.44. The second-order valence-electron chi connectivity index (χ2n) is 7.64. The maximum Gasteiger partial charge on any atom is 0.264 e. The van der Waals surface area contributed by atoms with E-state index in [1.807, 2.05) is 59.6 Å². The molecule has 2 amide bonds. The number of benzene rings is 1. The van der Waals surface area contributed by atoms with Gasteiger partial charge in [-0.15, -0.1) is 22.9 Å². The molecular weight excluding hydrogens is 422 g/mol. The third-order valence-corrected chi connectivity index (χ3v) is 6.07. The number of thiophene rings is 1. The summed E-state index contributed by atoms with van der Waals surface area (Å²) in [5, 5.41) is 4.12. The molecule has 1 aliphatic rings. The normalized spacial score (nSPS) is 16.9. The molecule has 6 nitrogen and oxygen atoms in total. The fourth-order valence-electron chi connectivity index (χ4n) is 3.48. The second-order valence-corrected chi connectivity index (χ2v) is 9.24. The molecule has 162 valence electrons. The van der Waals surface area contributed by atoms with Crippen molar-refractivity contribution < 1.29 is 14.3 Å². The Hall–Kier alpha value is -2.09. The van der Waals surface area contributed by atoms with Crippen LogP contribution in [0.15, 0.2) is 35.7 Å². The van der Waals surface area contributed by atoms with Crippen LogP contribution in [0.2, 0.25) is 0 Å². The molecule has 8 heteroatoms. The van der Waals surface area contributed by atoms with E-state index in [1.165, 1.54) is 11.3 Å². The molecule has 1 aromatic carbocycles. The minimum Gasteiger partial charge on any atom is -0.377 e. The lowest BCUT2D eigenvalue weighted by atomic mass is 10.1. The highest BCUT2D eigenvalue weighted by molar-refractivity contribution is 7.12. The molecule has 1 N–H and O–H groups in total. The maximum absolute atomic E-state index is 13.2. The van der Waals surface area contributed by atoms with Crippen LogP contribution in [0.5, 0.6) is 0 Å². The Labute approximate surface area is 186 Å². The molecule has 0 radical (unpaired) electrons. The van der Waals surface area contributed by atoms with E-state index in [1.54, 1.807) is 6.92 Å². The monoisotopic (exact) mass is 449 g/mol. The van der Waals surface area contributed by atoms with Crippen molar-refractivity contribution in [3.63, 3.8) is 0 Å². The fraction of sp³-hybridized carbons (Fsp3) is 0.455. The number of anilines is 2. The van der Waals surface area contributed by atoms with Crippen LogP contribution in [0.25, 0.3) is 0 Å². The summed E-state index contributed by atoms with van der Waals surface area (Å²) in [5.74, 6) is -0.264. The third-order valence-electron chi connectivity index (χ3n) is 5.02. The topological polar surface area (TPSA) is 61.9 Å². The largest absolute Gasteiger partial charge is 0.377 e. The molecule has 1 aliphatic heterocycles. The third kappa shape index (κ3) is 5.74. The molecule has 0 spiro atoms. The first-order chi connectivity index (χ1) is 14.3. The first kappa shape index (κ1) is 22.6. The van der Waals surface area contributed by atoms with E-state index in [2.05, 4.69) is 5.32 Å². The summed E-state index contributed by atoms with van der Waals surface area (Å²) in [7, 11) is 3.92. The van der Waals surface area contributed by atoms with Gasteiger partial charge in [-0.2, -0.15) is 0 Å². The quantitative estimate of drug-likeness (QED) is 0.613. The Morgan fingerprint density at radius 2 is 2.13 bits per heavy atom. The van der Waals surface area contributed by atoms with Gasteiger partial charge in [0.15, 0.2) is 0 Å². The summed E-state index contributed by atoms with van der Waals surface area (Å²) in [4.78, 5) is 29.8. The average Bonchev–Trinajstić information content (AvgIpc) is 3.41. The summed E-state index contributed by atoms with van der Waals surface area (Å²) < 4.78 is 5.80. The Bertz CT molecular complexity index is 865. The minimum atomic E-state index is -0.626. The summed E-state index contributed by atoms with van der Waals surface area (Å²) in [5.41, 5.74) is 2.60. The molecule has 30 heavy (non-hydrogen) atoms. The smallest absolute Gasteiger partial charge is 0.264 e. The van der Waals surface area contributed by atoms with Crippen molar-refractivity contribution in [3.05, 3.63) is 46.2 Å². The Morgan fingerprint density at radius 1 is 1.33 bits per heavy atom. The van der Waals surface area contributed by atoms with Gasteiger partial charge in [-0.05, 0) is 55.0 Å². The Balaban J connectivity index is 1.88. The van der Waals surface area contributed by atoms with E-state index in [9.17, 15) is 9.59 Å². The maximum atomic E-state index is 13.2. The number of halogens is 1. The van der Waals surface area contributed by atoms with Crippen LogP contribution < -0.4 is 10.2 Å². The zero-order valence-electron chi connectivity index (χ0n) is 17.6. The van der Waals surface area contributed by atoms with E-state index < -0.39 is 5.38 Å². The van der Waals surface area contributed by atoms with Crippen molar-refractivity contribution in [1.82, 2.24) is 4.90 Å². The summed E-state index contributed by atoms with van der Waals surface area (Å²) in [6.45, 7) is 3.34. The molecule has 2 aromatic rings. The molecule has 3 rings (SSSR count). The lowest BCUT2D eigenvalue weighted by Gasteiger charge is -2.28. The number of carbonyl (C=O) groups is 2. The highest BCUT2D eigenvalue weighted by Crippen LogP contribution is 2.27. The minimum absolute atomic E-state index is 0.00553. The summed E-state index contributed by atoms with van der Waals surface area (Å²) >= 11 is 7.33. The van der Waals surface area contributed by atoms with E-state index >= 15 is 0 Å². The Morgan fingerprint density at radius 3 is 2.73 bits per heavy atom. The van der Waals surface area contributed by atoms with Gasteiger partial charge in [-0.1, -0.05) is 6.07 Å². The van der Waals surface area contributed by atoms with Crippen LogP contribution in [0, 0.1) is 0 Å². The van der Waals surface area contributed by atoms with Gasteiger partial charge in [-0.25, -0.2) is 0 Å². The highest BCUT2D eigenvalue weighted by Gasteiger charge is 2.25. The van der Waals surface area contributed by atoms with Crippen molar-refractivity contribution in [1.29, 1.82) is 0 Å². The van der Waals surface area contributed by atoms with Crippen molar-refractivity contribution in [2.75, 3.05) is 37.5 Å². The molecule has 2 atom stereocenters. The van der Waals surface area contributed by atoms with Crippen LogP contribution in [0.1, 0.15) is 35.0 Å². The number of hydrogen-bond donors (Lipinski definition) is 1. The van der Waals surface area contributed by atoms with Crippen LogP contribution in [-0.2, 0) is 16.1 Å². The van der Waals surface area contributed by atoms with Gasteiger partial charge in [0.1, 0.15) is 5.38 Å². The number of alkyl halides is 1. The molecule has 1 fully saturated rings. The van der Waals surface area contributed by atoms with Crippen LogP contribution in [0.3, 0.4) is 0 Å². The van der Waals surface area contributed by atoms with E-state index in [0.717, 1.165) is 30.7 Å². The zero-order valence-corrected chi connectivity index (χ0v) is 19.1.